The number of amides is 1. The van der Waals surface area contributed by atoms with Crippen molar-refractivity contribution in [1.82, 2.24) is 5.32 Å². The summed E-state index contributed by atoms with van der Waals surface area (Å²) in [7, 11) is 1.65. The lowest BCUT2D eigenvalue weighted by Gasteiger charge is -2.13. The number of hydrogen-bond acceptors (Lipinski definition) is 3. The van der Waals surface area contributed by atoms with Gasteiger partial charge in [-0.2, -0.15) is 0 Å². The molecule has 0 aliphatic heterocycles. The van der Waals surface area contributed by atoms with Crippen LogP contribution in [0, 0.1) is 6.92 Å². The molecule has 0 atom stereocenters. The minimum atomic E-state index is -0.0822. The molecular formula is C24H27NO3. The van der Waals surface area contributed by atoms with Crippen LogP contribution in [-0.2, 0) is 4.79 Å². The van der Waals surface area contributed by atoms with Gasteiger partial charge in [-0.25, -0.2) is 0 Å². The van der Waals surface area contributed by atoms with E-state index in [0.717, 1.165) is 57.4 Å². The van der Waals surface area contributed by atoms with Crippen molar-refractivity contribution in [2.45, 2.75) is 33.6 Å². The molecule has 2 aromatic carbocycles. The first kappa shape index (κ1) is 19.7. The number of rotatable bonds is 7. The number of methoxy groups -OCH3 is 1. The minimum absolute atomic E-state index is 0.0822. The molecule has 0 radical (unpaired) electrons. The Labute approximate surface area is 166 Å². The molecular weight excluding hydrogens is 350 g/mol. The molecule has 0 saturated carbocycles. The fourth-order valence-corrected chi connectivity index (χ4v) is 3.43. The zero-order chi connectivity index (χ0) is 20.1. The molecule has 1 amide bonds. The van der Waals surface area contributed by atoms with Crippen molar-refractivity contribution >= 4 is 22.4 Å². The molecule has 0 unspecified atom stereocenters. The Morgan fingerprint density at radius 1 is 1.25 bits per heavy atom. The van der Waals surface area contributed by atoms with Crippen LogP contribution < -0.4 is 10.1 Å². The van der Waals surface area contributed by atoms with Gasteiger partial charge in [-0.05, 0) is 37.5 Å². The van der Waals surface area contributed by atoms with E-state index in [9.17, 15) is 4.79 Å². The summed E-state index contributed by atoms with van der Waals surface area (Å²) in [5, 5.41) is 3.94. The van der Waals surface area contributed by atoms with Crippen molar-refractivity contribution in [3.63, 3.8) is 0 Å². The fraction of sp³-hybridized carbons (Fsp3) is 0.292. The van der Waals surface area contributed by atoms with Crippen LogP contribution in [0.15, 0.2) is 53.2 Å². The molecule has 0 spiro atoms. The highest BCUT2D eigenvalue weighted by Gasteiger charge is 2.18. The van der Waals surface area contributed by atoms with E-state index in [4.69, 9.17) is 9.15 Å². The van der Waals surface area contributed by atoms with E-state index in [2.05, 4.69) is 30.4 Å². The summed E-state index contributed by atoms with van der Waals surface area (Å²) in [5.41, 5.74) is 5.61. The van der Waals surface area contributed by atoms with Crippen molar-refractivity contribution in [1.29, 1.82) is 0 Å². The first-order chi connectivity index (χ1) is 13.6. The molecule has 1 aromatic heterocycles. The van der Waals surface area contributed by atoms with Gasteiger partial charge in [-0.3, -0.25) is 4.79 Å². The molecule has 0 aliphatic carbocycles. The van der Waals surface area contributed by atoms with Gasteiger partial charge in [0, 0.05) is 34.7 Å². The van der Waals surface area contributed by atoms with Gasteiger partial charge in [0.15, 0.2) is 0 Å². The van der Waals surface area contributed by atoms with Crippen LogP contribution in [-0.4, -0.2) is 19.6 Å². The van der Waals surface area contributed by atoms with Crippen molar-refractivity contribution < 1.29 is 13.9 Å². The topological polar surface area (TPSA) is 51.5 Å². The van der Waals surface area contributed by atoms with E-state index in [1.807, 2.05) is 32.0 Å². The van der Waals surface area contributed by atoms with Crippen molar-refractivity contribution in [2.24, 2.45) is 0 Å². The second-order valence-electron chi connectivity index (χ2n) is 6.95. The number of carbonyl (C=O) groups is 1. The van der Waals surface area contributed by atoms with Crippen LogP contribution in [0.5, 0.6) is 5.75 Å². The number of hydrogen-bond donors (Lipinski definition) is 1. The summed E-state index contributed by atoms with van der Waals surface area (Å²) in [4.78, 5) is 12.2. The third kappa shape index (κ3) is 3.96. The van der Waals surface area contributed by atoms with Gasteiger partial charge in [0.2, 0.25) is 5.91 Å². The average molecular weight is 377 g/mol. The van der Waals surface area contributed by atoms with Crippen molar-refractivity contribution in [2.75, 3.05) is 13.7 Å². The number of fused-ring (bicyclic) bond motifs is 1. The number of carbonyl (C=O) groups excluding carboxylic acids is 1. The normalized spacial score (nSPS) is 11.6. The van der Waals surface area contributed by atoms with Crippen LogP contribution in [0.3, 0.4) is 0 Å². The minimum Gasteiger partial charge on any atom is -0.496 e. The zero-order valence-corrected chi connectivity index (χ0v) is 17.0. The number of benzene rings is 2. The van der Waals surface area contributed by atoms with E-state index in [1.54, 1.807) is 19.4 Å². The summed E-state index contributed by atoms with van der Waals surface area (Å²) in [6, 6.07) is 12.2. The Balaban J connectivity index is 2.07. The van der Waals surface area contributed by atoms with Gasteiger partial charge in [0.05, 0.1) is 13.4 Å². The largest absolute Gasteiger partial charge is 0.496 e. The molecule has 3 aromatic rings. The number of furan rings is 1. The highest BCUT2D eigenvalue weighted by molar-refractivity contribution is 6.01. The Morgan fingerprint density at radius 3 is 2.68 bits per heavy atom. The third-order valence-corrected chi connectivity index (χ3v) is 4.93. The summed E-state index contributed by atoms with van der Waals surface area (Å²) in [6.07, 6.45) is 5.45. The number of unbranched alkanes of at least 4 members (excludes halogenated alkanes) is 1. The molecule has 0 aliphatic rings. The standard InChI is InChI=1S/C24H27NO3/c1-5-6-12-25-22(26)13-16(2)19-14-20-21(18-10-8-7-9-11-18)15-28-24(20)17(3)23(19)27-4/h7-11,13-15H,5-6,12H2,1-4H3,(H,25,26)/b16-13+. The highest BCUT2D eigenvalue weighted by atomic mass is 16.5. The lowest BCUT2D eigenvalue weighted by atomic mass is 9.96. The number of aryl methyl sites for hydroxylation is 1. The molecule has 146 valence electrons. The van der Waals surface area contributed by atoms with Gasteiger partial charge in [-0.1, -0.05) is 43.7 Å². The second kappa shape index (κ2) is 8.79. The van der Waals surface area contributed by atoms with E-state index in [0.29, 0.717) is 6.54 Å². The Hall–Kier alpha value is -3.01. The predicted octanol–water partition coefficient (Wildman–Crippen LogP) is 5.74. The second-order valence-corrected chi connectivity index (χ2v) is 6.95. The molecule has 28 heavy (non-hydrogen) atoms. The van der Waals surface area contributed by atoms with Gasteiger partial charge in [0.1, 0.15) is 11.3 Å². The number of ether oxygens (including phenoxy) is 1. The van der Waals surface area contributed by atoms with Gasteiger partial charge in [0.25, 0.3) is 0 Å². The monoisotopic (exact) mass is 377 g/mol. The quantitative estimate of drug-likeness (QED) is 0.422. The smallest absolute Gasteiger partial charge is 0.244 e. The lowest BCUT2D eigenvalue weighted by molar-refractivity contribution is -0.116. The van der Waals surface area contributed by atoms with E-state index < -0.39 is 0 Å². The van der Waals surface area contributed by atoms with Crippen LogP contribution in [0.25, 0.3) is 27.7 Å². The molecule has 0 saturated heterocycles. The molecule has 1 heterocycles. The van der Waals surface area contributed by atoms with E-state index >= 15 is 0 Å². The number of nitrogens with one attached hydrogen (secondary N) is 1. The van der Waals surface area contributed by atoms with Gasteiger partial charge in [-0.15, -0.1) is 0 Å². The Bertz CT molecular complexity index is 1000. The maximum Gasteiger partial charge on any atom is 0.244 e. The SMILES string of the molecule is CCCCNC(=O)/C=C(\C)c1cc2c(-c3ccccc3)coc2c(C)c1OC. The van der Waals surface area contributed by atoms with Gasteiger partial charge < -0.3 is 14.5 Å². The zero-order valence-electron chi connectivity index (χ0n) is 17.0. The van der Waals surface area contributed by atoms with Crippen LogP contribution >= 0.6 is 0 Å². The molecule has 0 fully saturated rings. The number of allylic oxidation sites excluding steroid dienone is 1. The van der Waals surface area contributed by atoms with Crippen LogP contribution in [0.4, 0.5) is 0 Å². The van der Waals surface area contributed by atoms with Crippen LogP contribution in [0.2, 0.25) is 0 Å². The Morgan fingerprint density at radius 2 is 2.00 bits per heavy atom. The highest BCUT2D eigenvalue weighted by Crippen LogP contribution is 2.40. The van der Waals surface area contributed by atoms with Crippen LogP contribution in [0.1, 0.15) is 37.8 Å². The van der Waals surface area contributed by atoms with Crippen molar-refractivity contribution in [3.05, 3.63) is 59.9 Å². The van der Waals surface area contributed by atoms with E-state index in [1.165, 1.54) is 0 Å². The lowest BCUT2D eigenvalue weighted by Crippen LogP contribution is -2.22. The summed E-state index contributed by atoms with van der Waals surface area (Å²) in [6.45, 7) is 6.71. The molecule has 3 rings (SSSR count). The summed E-state index contributed by atoms with van der Waals surface area (Å²) >= 11 is 0. The molecule has 4 nitrogen and oxygen atoms in total. The predicted molar refractivity (Wildman–Crippen MR) is 115 cm³/mol. The molecule has 1 N–H and O–H groups in total. The average Bonchev–Trinajstić information content (AvgIpc) is 3.13. The molecule has 0 bridgehead atoms. The Kier molecular flexibility index (Phi) is 6.19. The van der Waals surface area contributed by atoms with Gasteiger partial charge >= 0.3 is 0 Å². The maximum absolute atomic E-state index is 12.2. The summed E-state index contributed by atoms with van der Waals surface area (Å²) in [5.74, 6) is 0.651. The summed E-state index contributed by atoms with van der Waals surface area (Å²) < 4.78 is 11.5. The van der Waals surface area contributed by atoms with E-state index in [-0.39, 0.29) is 5.91 Å². The first-order valence-corrected chi connectivity index (χ1v) is 9.67. The molecule has 4 heteroatoms. The fourth-order valence-electron chi connectivity index (χ4n) is 3.43. The first-order valence-electron chi connectivity index (χ1n) is 9.67. The third-order valence-electron chi connectivity index (χ3n) is 4.93. The maximum atomic E-state index is 12.2. The van der Waals surface area contributed by atoms with Crippen molar-refractivity contribution in [3.8, 4) is 16.9 Å².